The molecular formula is C11H15BrN2O2. The Kier molecular flexibility index (Phi) is 3.35. The van der Waals surface area contributed by atoms with Crippen molar-refractivity contribution >= 4 is 21.6 Å². The fraction of sp³-hybridized carbons (Fsp3) is 0.545. The number of ether oxygens (including phenoxy) is 1. The van der Waals surface area contributed by atoms with Crippen molar-refractivity contribution in [2.75, 3.05) is 5.73 Å². The normalized spacial score (nSPS) is 24.9. The zero-order valence-electron chi connectivity index (χ0n) is 9.15. The van der Waals surface area contributed by atoms with E-state index in [1.807, 2.05) is 0 Å². The van der Waals surface area contributed by atoms with E-state index in [1.165, 1.54) is 0 Å². The van der Waals surface area contributed by atoms with Gasteiger partial charge in [0.05, 0.1) is 23.2 Å². The maximum Gasteiger partial charge on any atom is 0.265 e. The first kappa shape index (κ1) is 11.7. The minimum absolute atomic E-state index is 0.0580. The highest BCUT2D eigenvalue weighted by Crippen LogP contribution is 2.20. The summed E-state index contributed by atoms with van der Waals surface area (Å²) in [5.41, 5.74) is 6.22. The topological polar surface area (TPSA) is 57.2 Å². The highest BCUT2D eigenvalue weighted by atomic mass is 79.9. The summed E-state index contributed by atoms with van der Waals surface area (Å²) in [6.07, 6.45) is 4.15. The maximum absolute atomic E-state index is 11.8. The third kappa shape index (κ3) is 2.47. The summed E-state index contributed by atoms with van der Waals surface area (Å²) in [5.74, 6) is 0. The van der Waals surface area contributed by atoms with Crippen molar-refractivity contribution in [2.45, 2.75) is 38.5 Å². The SMILES string of the molecule is CC1CCC(Cn2cc(N)cc(Br)c2=O)O1. The van der Waals surface area contributed by atoms with Gasteiger partial charge >= 0.3 is 0 Å². The van der Waals surface area contributed by atoms with Crippen LogP contribution in [0.2, 0.25) is 0 Å². The molecule has 2 rings (SSSR count). The van der Waals surface area contributed by atoms with Crippen LogP contribution in [0.1, 0.15) is 19.8 Å². The van der Waals surface area contributed by atoms with Gasteiger partial charge < -0.3 is 15.0 Å². The summed E-state index contributed by atoms with van der Waals surface area (Å²) >= 11 is 3.20. The first-order valence-corrected chi connectivity index (χ1v) is 6.16. The van der Waals surface area contributed by atoms with Crippen molar-refractivity contribution in [1.82, 2.24) is 4.57 Å². The van der Waals surface area contributed by atoms with E-state index in [0.29, 0.717) is 22.8 Å². The molecule has 1 fully saturated rings. The van der Waals surface area contributed by atoms with Gasteiger partial charge in [-0.15, -0.1) is 0 Å². The predicted molar refractivity (Wildman–Crippen MR) is 66.4 cm³/mol. The van der Waals surface area contributed by atoms with Crippen molar-refractivity contribution < 1.29 is 4.74 Å². The number of nitrogens with zero attached hydrogens (tertiary/aromatic N) is 1. The number of anilines is 1. The third-order valence-electron chi connectivity index (χ3n) is 2.78. The molecule has 2 unspecified atom stereocenters. The number of halogens is 1. The summed E-state index contributed by atoms with van der Waals surface area (Å²) in [6, 6.07) is 1.62. The average Bonchev–Trinajstić information content (AvgIpc) is 2.60. The van der Waals surface area contributed by atoms with E-state index in [-0.39, 0.29) is 11.7 Å². The lowest BCUT2D eigenvalue weighted by molar-refractivity contribution is 0.0452. The molecule has 1 aromatic rings. The van der Waals surface area contributed by atoms with E-state index >= 15 is 0 Å². The Labute approximate surface area is 103 Å². The fourth-order valence-electron chi connectivity index (χ4n) is 2.00. The van der Waals surface area contributed by atoms with Gasteiger partial charge in [-0.1, -0.05) is 0 Å². The molecule has 2 N–H and O–H groups in total. The molecule has 1 aromatic heterocycles. The average molecular weight is 287 g/mol. The van der Waals surface area contributed by atoms with E-state index in [9.17, 15) is 4.79 Å². The molecule has 0 spiro atoms. The van der Waals surface area contributed by atoms with E-state index in [4.69, 9.17) is 10.5 Å². The second-order valence-corrected chi connectivity index (χ2v) is 5.08. The lowest BCUT2D eigenvalue weighted by atomic mass is 10.2. The van der Waals surface area contributed by atoms with Gasteiger partial charge in [-0.2, -0.15) is 0 Å². The third-order valence-corrected chi connectivity index (χ3v) is 3.35. The number of nitrogen functional groups attached to an aromatic ring is 1. The molecule has 0 amide bonds. The molecule has 16 heavy (non-hydrogen) atoms. The molecular weight excluding hydrogens is 272 g/mol. The highest BCUT2D eigenvalue weighted by molar-refractivity contribution is 9.10. The monoisotopic (exact) mass is 286 g/mol. The molecule has 0 bridgehead atoms. The molecule has 1 saturated heterocycles. The van der Waals surface area contributed by atoms with Crippen LogP contribution in [0.5, 0.6) is 0 Å². The minimum atomic E-state index is -0.0580. The van der Waals surface area contributed by atoms with Crippen LogP contribution in [-0.4, -0.2) is 16.8 Å². The number of nitrogens with two attached hydrogens (primary N) is 1. The first-order chi connectivity index (χ1) is 7.56. The Balaban J connectivity index is 2.18. The molecule has 5 heteroatoms. The Bertz CT molecular complexity index is 444. The molecule has 1 aliphatic rings. The van der Waals surface area contributed by atoms with Crippen LogP contribution in [-0.2, 0) is 11.3 Å². The van der Waals surface area contributed by atoms with E-state index in [2.05, 4.69) is 22.9 Å². The minimum Gasteiger partial charge on any atom is -0.398 e. The molecule has 1 aliphatic heterocycles. The van der Waals surface area contributed by atoms with Gasteiger partial charge in [0.2, 0.25) is 0 Å². The second-order valence-electron chi connectivity index (χ2n) is 4.22. The Morgan fingerprint density at radius 2 is 2.38 bits per heavy atom. The van der Waals surface area contributed by atoms with Crippen LogP contribution in [0, 0.1) is 0 Å². The highest BCUT2D eigenvalue weighted by Gasteiger charge is 2.22. The quantitative estimate of drug-likeness (QED) is 0.901. The lowest BCUT2D eigenvalue weighted by Gasteiger charge is -2.13. The van der Waals surface area contributed by atoms with Crippen LogP contribution in [0.3, 0.4) is 0 Å². The van der Waals surface area contributed by atoms with Gasteiger partial charge in [0, 0.05) is 11.9 Å². The van der Waals surface area contributed by atoms with Crippen LogP contribution in [0.25, 0.3) is 0 Å². The van der Waals surface area contributed by atoms with E-state index in [0.717, 1.165) is 12.8 Å². The lowest BCUT2D eigenvalue weighted by Crippen LogP contribution is -2.27. The number of rotatable bonds is 2. The first-order valence-electron chi connectivity index (χ1n) is 5.37. The number of hydrogen-bond donors (Lipinski definition) is 1. The molecule has 0 saturated carbocycles. The second kappa shape index (κ2) is 4.59. The van der Waals surface area contributed by atoms with Gasteiger partial charge in [0.1, 0.15) is 0 Å². The van der Waals surface area contributed by atoms with Gasteiger partial charge in [-0.25, -0.2) is 0 Å². The smallest absolute Gasteiger partial charge is 0.265 e. The molecule has 4 nitrogen and oxygen atoms in total. The van der Waals surface area contributed by atoms with Crippen molar-refractivity contribution in [3.63, 3.8) is 0 Å². The van der Waals surface area contributed by atoms with Crippen LogP contribution < -0.4 is 11.3 Å². The van der Waals surface area contributed by atoms with Gasteiger partial charge in [-0.3, -0.25) is 4.79 Å². The number of hydrogen-bond acceptors (Lipinski definition) is 3. The van der Waals surface area contributed by atoms with Crippen molar-refractivity contribution in [3.05, 3.63) is 27.1 Å². The van der Waals surface area contributed by atoms with Crippen LogP contribution >= 0.6 is 15.9 Å². The van der Waals surface area contributed by atoms with Gasteiger partial charge in [0.15, 0.2) is 0 Å². The largest absolute Gasteiger partial charge is 0.398 e. The van der Waals surface area contributed by atoms with Crippen molar-refractivity contribution in [2.24, 2.45) is 0 Å². The summed E-state index contributed by atoms with van der Waals surface area (Å²) in [4.78, 5) is 11.8. The predicted octanol–water partition coefficient (Wildman–Crippen LogP) is 1.76. The molecule has 88 valence electrons. The zero-order valence-corrected chi connectivity index (χ0v) is 10.7. The molecule has 2 atom stereocenters. The molecule has 0 radical (unpaired) electrons. The summed E-state index contributed by atoms with van der Waals surface area (Å²) in [7, 11) is 0. The van der Waals surface area contributed by atoms with E-state index in [1.54, 1.807) is 16.8 Å². The summed E-state index contributed by atoms with van der Waals surface area (Å²) < 4.78 is 7.80. The zero-order chi connectivity index (χ0) is 11.7. The molecule has 2 heterocycles. The fourth-order valence-corrected chi connectivity index (χ4v) is 2.49. The van der Waals surface area contributed by atoms with Crippen LogP contribution in [0.15, 0.2) is 21.5 Å². The summed E-state index contributed by atoms with van der Waals surface area (Å²) in [5, 5.41) is 0. The van der Waals surface area contributed by atoms with Gasteiger partial charge in [-0.05, 0) is 41.8 Å². The number of aromatic nitrogens is 1. The summed E-state index contributed by atoms with van der Waals surface area (Å²) in [6.45, 7) is 2.63. The van der Waals surface area contributed by atoms with Crippen molar-refractivity contribution in [1.29, 1.82) is 0 Å². The maximum atomic E-state index is 11.8. The Morgan fingerprint density at radius 3 is 3.00 bits per heavy atom. The number of pyridine rings is 1. The van der Waals surface area contributed by atoms with Gasteiger partial charge in [0.25, 0.3) is 5.56 Å². The Hall–Kier alpha value is -0.810. The standard InChI is InChI=1S/C11H15BrN2O2/c1-7-2-3-9(16-7)6-14-5-8(13)4-10(12)11(14)15/h4-5,7,9H,2-3,6,13H2,1H3. The van der Waals surface area contributed by atoms with E-state index < -0.39 is 0 Å². The molecule has 0 aliphatic carbocycles. The van der Waals surface area contributed by atoms with Crippen molar-refractivity contribution in [3.8, 4) is 0 Å². The Morgan fingerprint density at radius 1 is 1.62 bits per heavy atom. The molecule has 0 aromatic carbocycles. The van der Waals surface area contributed by atoms with Crippen LogP contribution in [0.4, 0.5) is 5.69 Å².